The Bertz CT molecular complexity index is 615. The monoisotopic (exact) mass is 307 g/mol. The van der Waals surface area contributed by atoms with E-state index in [1.54, 1.807) is 6.20 Å². The zero-order chi connectivity index (χ0) is 15.0. The molecule has 0 radical (unpaired) electrons. The molecule has 0 bridgehead atoms. The van der Waals surface area contributed by atoms with E-state index in [0.717, 1.165) is 29.8 Å². The van der Waals surface area contributed by atoms with E-state index in [-0.39, 0.29) is 17.6 Å². The number of hydrogen-bond donors (Lipinski definition) is 1. The number of nitrogens with zero attached hydrogens (tertiary/aromatic N) is 4. The minimum Gasteiger partial charge on any atom is -0.368 e. The SMILES string of the molecule is Cn1ccnc1[C@H]1OCC[C@@H]1Nc1nc(C(C)(C)C)ns1. The zero-order valence-corrected chi connectivity index (χ0v) is 13.6. The van der Waals surface area contributed by atoms with Gasteiger partial charge in [-0.25, -0.2) is 9.97 Å². The first-order chi connectivity index (χ1) is 9.95. The highest BCUT2D eigenvalue weighted by Crippen LogP contribution is 2.31. The molecule has 0 spiro atoms. The van der Waals surface area contributed by atoms with Gasteiger partial charge in [0.05, 0.1) is 6.04 Å². The minimum atomic E-state index is -0.0352. The van der Waals surface area contributed by atoms with Crippen molar-refractivity contribution in [2.75, 3.05) is 11.9 Å². The quantitative estimate of drug-likeness (QED) is 0.944. The maximum Gasteiger partial charge on any atom is 0.202 e. The number of imidazole rings is 1. The summed E-state index contributed by atoms with van der Waals surface area (Å²) in [5.74, 6) is 1.83. The van der Waals surface area contributed by atoms with Crippen molar-refractivity contribution in [2.45, 2.75) is 44.8 Å². The Kier molecular flexibility index (Phi) is 3.71. The third-order valence-electron chi connectivity index (χ3n) is 3.61. The fraction of sp³-hybridized carbons (Fsp3) is 0.643. The van der Waals surface area contributed by atoms with Gasteiger partial charge in [-0.2, -0.15) is 4.37 Å². The highest BCUT2D eigenvalue weighted by molar-refractivity contribution is 7.09. The predicted molar refractivity (Wildman–Crippen MR) is 82.5 cm³/mol. The number of anilines is 1. The van der Waals surface area contributed by atoms with E-state index in [0.29, 0.717) is 0 Å². The lowest BCUT2D eigenvalue weighted by Crippen LogP contribution is -2.25. The highest BCUT2D eigenvalue weighted by Gasteiger charge is 2.33. The Labute approximate surface area is 128 Å². The van der Waals surface area contributed by atoms with Crippen LogP contribution >= 0.6 is 11.5 Å². The second-order valence-corrected chi connectivity index (χ2v) is 7.15. The predicted octanol–water partition coefficient (Wildman–Crippen LogP) is 2.51. The molecule has 21 heavy (non-hydrogen) atoms. The molecule has 114 valence electrons. The van der Waals surface area contributed by atoms with Crippen LogP contribution in [0.1, 0.15) is 44.9 Å². The van der Waals surface area contributed by atoms with Crippen LogP contribution in [0.15, 0.2) is 12.4 Å². The number of ether oxygens (including phenoxy) is 1. The van der Waals surface area contributed by atoms with Crippen LogP contribution in [0, 0.1) is 0 Å². The topological polar surface area (TPSA) is 64.9 Å². The van der Waals surface area contributed by atoms with Gasteiger partial charge in [0.15, 0.2) is 0 Å². The summed E-state index contributed by atoms with van der Waals surface area (Å²) in [6.45, 7) is 7.09. The maximum atomic E-state index is 5.85. The van der Waals surface area contributed by atoms with E-state index in [1.165, 1.54) is 11.5 Å². The van der Waals surface area contributed by atoms with Gasteiger partial charge in [-0.1, -0.05) is 20.8 Å². The van der Waals surface area contributed by atoms with Gasteiger partial charge in [-0.15, -0.1) is 0 Å². The molecule has 1 N–H and O–H groups in total. The fourth-order valence-electron chi connectivity index (χ4n) is 2.39. The van der Waals surface area contributed by atoms with Gasteiger partial charge in [-0.05, 0) is 6.42 Å². The lowest BCUT2D eigenvalue weighted by Gasteiger charge is -2.19. The van der Waals surface area contributed by atoms with Crippen LogP contribution in [0.2, 0.25) is 0 Å². The van der Waals surface area contributed by atoms with Crippen molar-refractivity contribution < 1.29 is 4.74 Å². The van der Waals surface area contributed by atoms with Crippen molar-refractivity contribution in [1.82, 2.24) is 18.9 Å². The van der Waals surface area contributed by atoms with Crippen LogP contribution in [0.3, 0.4) is 0 Å². The summed E-state index contributed by atoms with van der Waals surface area (Å²) in [5, 5.41) is 4.32. The van der Waals surface area contributed by atoms with Crippen molar-refractivity contribution in [1.29, 1.82) is 0 Å². The van der Waals surface area contributed by atoms with E-state index in [4.69, 9.17) is 4.74 Å². The van der Waals surface area contributed by atoms with Crippen LogP contribution in [0.5, 0.6) is 0 Å². The number of rotatable bonds is 3. The molecule has 0 aromatic carbocycles. The van der Waals surface area contributed by atoms with Gasteiger partial charge in [0.2, 0.25) is 5.13 Å². The van der Waals surface area contributed by atoms with E-state index in [2.05, 4.69) is 40.4 Å². The van der Waals surface area contributed by atoms with Crippen molar-refractivity contribution >= 4 is 16.7 Å². The van der Waals surface area contributed by atoms with Crippen molar-refractivity contribution in [3.05, 3.63) is 24.0 Å². The summed E-state index contributed by atoms with van der Waals surface area (Å²) in [6, 6.07) is 0.187. The first kappa shape index (κ1) is 14.5. The van der Waals surface area contributed by atoms with E-state index in [1.807, 2.05) is 17.8 Å². The molecule has 0 unspecified atom stereocenters. The largest absolute Gasteiger partial charge is 0.368 e. The average Bonchev–Trinajstić information content (AvgIpc) is 3.09. The standard InChI is InChI=1S/C14H21N5OS/c1-14(2,3)12-17-13(21-18-12)16-9-5-8-20-10(9)11-15-6-7-19(11)4/h6-7,9-10H,5,8H2,1-4H3,(H,16,17,18)/t9-,10-/m0/s1. The van der Waals surface area contributed by atoms with Gasteiger partial charge in [0.25, 0.3) is 0 Å². The molecule has 1 fully saturated rings. The average molecular weight is 307 g/mol. The Hall–Kier alpha value is -1.47. The van der Waals surface area contributed by atoms with Crippen molar-refractivity contribution in [2.24, 2.45) is 7.05 Å². The number of hydrogen-bond acceptors (Lipinski definition) is 6. The molecule has 3 heterocycles. The Morgan fingerprint density at radius 1 is 1.43 bits per heavy atom. The lowest BCUT2D eigenvalue weighted by atomic mass is 9.96. The summed E-state index contributed by atoms with van der Waals surface area (Å²) >= 11 is 1.41. The van der Waals surface area contributed by atoms with Crippen LogP contribution in [0.25, 0.3) is 0 Å². The van der Waals surface area contributed by atoms with Crippen molar-refractivity contribution in [3.8, 4) is 0 Å². The highest BCUT2D eigenvalue weighted by atomic mass is 32.1. The molecule has 6 nitrogen and oxygen atoms in total. The fourth-order valence-corrected chi connectivity index (χ4v) is 3.21. The molecule has 1 saturated heterocycles. The summed E-state index contributed by atoms with van der Waals surface area (Å²) < 4.78 is 12.3. The normalized spacial score (nSPS) is 22.7. The van der Waals surface area contributed by atoms with E-state index in [9.17, 15) is 0 Å². The van der Waals surface area contributed by atoms with Gasteiger partial charge < -0.3 is 14.6 Å². The third-order valence-corrected chi connectivity index (χ3v) is 4.26. The van der Waals surface area contributed by atoms with Crippen LogP contribution < -0.4 is 5.32 Å². The molecule has 2 atom stereocenters. The smallest absolute Gasteiger partial charge is 0.202 e. The second-order valence-electron chi connectivity index (χ2n) is 6.40. The molecule has 0 saturated carbocycles. The van der Waals surface area contributed by atoms with E-state index < -0.39 is 0 Å². The summed E-state index contributed by atoms with van der Waals surface area (Å²) in [7, 11) is 1.99. The van der Waals surface area contributed by atoms with Gasteiger partial charge in [0, 0.05) is 43.0 Å². The Morgan fingerprint density at radius 2 is 2.24 bits per heavy atom. The molecule has 2 aromatic rings. The Morgan fingerprint density at radius 3 is 2.86 bits per heavy atom. The van der Waals surface area contributed by atoms with Crippen LogP contribution in [0.4, 0.5) is 5.13 Å². The van der Waals surface area contributed by atoms with Crippen LogP contribution in [-0.4, -0.2) is 31.6 Å². The first-order valence-electron chi connectivity index (χ1n) is 7.14. The summed E-state index contributed by atoms with van der Waals surface area (Å²) in [6.07, 6.45) is 4.65. The molecule has 0 aliphatic carbocycles. The maximum absolute atomic E-state index is 5.85. The van der Waals surface area contributed by atoms with Gasteiger partial charge in [0.1, 0.15) is 17.8 Å². The summed E-state index contributed by atoms with van der Waals surface area (Å²) in [4.78, 5) is 9.00. The minimum absolute atomic E-state index is 0.0261. The van der Waals surface area contributed by atoms with Crippen molar-refractivity contribution in [3.63, 3.8) is 0 Å². The van der Waals surface area contributed by atoms with E-state index >= 15 is 0 Å². The van der Waals surface area contributed by atoms with Gasteiger partial charge >= 0.3 is 0 Å². The molecule has 1 aliphatic rings. The zero-order valence-electron chi connectivity index (χ0n) is 12.8. The number of aromatic nitrogens is 4. The van der Waals surface area contributed by atoms with Crippen LogP contribution in [-0.2, 0) is 17.2 Å². The first-order valence-corrected chi connectivity index (χ1v) is 7.92. The molecule has 3 rings (SSSR count). The lowest BCUT2D eigenvalue weighted by molar-refractivity contribution is 0.0983. The molecular formula is C14H21N5OS. The van der Waals surface area contributed by atoms with Gasteiger partial charge in [-0.3, -0.25) is 0 Å². The number of nitrogens with one attached hydrogen (secondary N) is 1. The second kappa shape index (κ2) is 5.38. The summed E-state index contributed by atoms with van der Waals surface area (Å²) in [5.41, 5.74) is -0.0261. The third kappa shape index (κ3) is 2.94. The number of aryl methyl sites for hydroxylation is 1. The molecule has 0 amide bonds. The molecule has 1 aliphatic heterocycles. The Balaban J connectivity index is 1.75. The molecule has 7 heteroatoms. The molecular weight excluding hydrogens is 286 g/mol. The molecule has 2 aromatic heterocycles.